The van der Waals surface area contributed by atoms with Gasteiger partial charge in [0.05, 0.1) is 12.2 Å². The van der Waals surface area contributed by atoms with E-state index >= 15 is 0 Å². The van der Waals surface area contributed by atoms with Crippen LogP contribution < -0.4 is 5.32 Å². The summed E-state index contributed by atoms with van der Waals surface area (Å²) in [6.45, 7) is 0.00740. The van der Waals surface area contributed by atoms with Gasteiger partial charge in [-0.2, -0.15) is 4.68 Å². The van der Waals surface area contributed by atoms with Crippen molar-refractivity contribution in [3.8, 4) is 5.69 Å². The number of carbonyl (C=O) groups excluding carboxylic acids is 1. The number of carbonyl (C=O) groups is 1. The molecule has 0 fully saturated rings. The highest BCUT2D eigenvalue weighted by atomic mass is 35.5. The van der Waals surface area contributed by atoms with Crippen LogP contribution in [0.5, 0.6) is 0 Å². The maximum absolute atomic E-state index is 13.3. The largest absolute Gasteiger partial charge is 0.345 e. The Kier molecular flexibility index (Phi) is 4.48. The second kappa shape index (κ2) is 6.71. The van der Waals surface area contributed by atoms with Gasteiger partial charge in [0.1, 0.15) is 0 Å². The van der Waals surface area contributed by atoms with Gasteiger partial charge in [0.2, 0.25) is 0 Å². The predicted octanol–water partition coefficient (Wildman–Crippen LogP) is 2.52. The van der Waals surface area contributed by atoms with Gasteiger partial charge in [-0.25, -0.2) is 8.78 Å². The molecule has 1 N–H and O–H groups in total. The van der Waals surface area contributed by atoms with Crippen LogP contribution in [-0.4, -0.2) is 26.1 Å². The first kappa shape index (κ1) is 16.0. The molecule has 2 aromatic carbocycles. The number of rotatable bonds is 4. The van der Waals surface area contributed by atoms with E-state index in [9.17, 15) is 13.6 Å². The zero-order valence-electron chi connectivity index (χ0n) is 12.1. The van der Waals surface area contributed by atoms with Crippen molar-refractivity contribution in [1.29, 1.82) is 0 Å². The molecule has 1 aromatic heterocycles. The van der Waals surface area contributed by atoms with E-state index in [4.69, 9.17) is 11.6 Å². The quantitative estimate of drug-likeness (QED) is 0.785. The lowest BCUT2D eigenvalue weighted by Crippen LogP contribution is -2.24. The fourth-order valence-electron chi connectivity index (χ4n) is 2.00. The Bertz CT molecular complexity index is 882. The van der Waals surface area contributed by atoms with Crippen molar-refractivity contribution >= 4 is 17.5 Å². The molecule has 122 valence electrons. The molecule has 0 bridgehead atoms. The zero-order valence-corrected chi connectivity index (χ0v) is 12.8. The molecule has 0 saturated carbocycles. The molecule has 3 rings (SSSR count). The van der Waals surface area contributed by atoms with Gasteiger partial charge >= 0.3 is 0 Å². The van der Waals surface area contributed by atoms with Gasteiger partial charge in [0, 0.05) is 16.7 Å². The second-order valence-electron chi connectivity index (χ2n) is 4.79. The van der Waals surface area contributed by atoms with E-state index in [1.165, 1.54) is 10.7 Å². The first-order valence-corrected chi connectivity index (χ1v) is 7.19. The minimum Gasteiger partial charge on any atom is -0.345 e. The molecule has 0 atom stereocenters. The molecular formula is C15H10ClF2N5O. The summed E-state index contributed by atoms with van der Waals surface area (Å²) in [5.74, 6) is -2.06. The zero-order chi connectivity index (χ0) is 17.1. The number of hydrogen-bond acceptors (Lipinski definition) is 4. The van der Waals surface area contributed by atoms with Crippen LogP contribution in [0.1, 0.15) is 16.2 Å². The monoisotopic (exact) mass is 349 g/mol. The molecule has 0 aliphatic heterocycles. The topological polar surface area (TPSA) is 72.7 Å². The summed E-state index contributed by atoms with van der Waals surface area (Å²) in [5, 5.41) is 14.1. The molecule has 9 heteroatoms. The standard InChI is InChI=1S/C15H10ClF2N5O/c16-10-3-1-9(2-4-10)15(24)19-8-14-20-21-22-23(14)11-5-6-12(17)13(18)7-11/h1-7H,8H2,(H,19,24). The fraction of sp³-hybridized carbons (Fsp3) is 0.0667. The maximum atomic E-state index is 13.3. The lowest BCUT2D eigenvalue weighted by molar-refractivity contribution is 0.0949. The van der Waals surface area contributed by atoms with Gasteiger partial charge in [-0.3, -0.25) is 4.79 Å². The molecule has 1 heterocycles. The van der Waals surface area contributed by atoms with Crippen molar-refractivity contribution < 1.29 is 13.6 Å². The van der Waals surface area contributed by atoms with E-state index in [-0.39, 0.29) is 24.0 Å². The second-order valence-corrected chi connectivity index (χ2v) is 5.23. The average Bonchev–Trinajstić information content (AvgIpc) is 3.04. The third-order valence-electron chi connectivity index (χ3n) is 3.20. The Morgan fingerprint density at radius 3 is 2.58 bits per heavy atom. The van der Waals surface area contributed by atoms with Crippen LogP contribution >= 0.6 is 11.6 Å². The number of hydrogen-bond donors (Lipinski definition) is 1. The number of tetrazole rings is 1. The molecular weight excluding hydrogens is 340 g/mol. The molecule has 6 nitrogen and oxygen atoms in total. The van der Waals surface area contributed by atoms with E-state index in [2.05, 4.69) is 20.8 Å². The number of amides is 1. The van der Waals surface area contributed by atoms with Gasteiger partial charge in [-0.1, -0.05) is 11.6 Å². The molecule has 0 aliphatic carbocycles. The molecule has 24 heavy (non-hydrogen) atoms. The summed E-state index contributed by atoms with van der Waals surface area (Å²) >= 11 is 5.77. The van der Waals surface area contributed by atoms with Gasteiger partial charge in [-0.15, -0.1) is 5.10 Å². The van der Waals surface area contributed by atoms with E-state index in [1.807, 2.05) is 0 Å². The van der Waals surface area contributed by atoms with Crippen molar-refractivity contribution in [1.82, 2.24) is 25.5 Å². The average molecular weight is 350 g/mol. The Morgan fingerprint density at radius 2 is 1.88 bits per heavy atom. The number of halogens is 3. The summed E-state index contributed by atoms with van der Waals surface area (Å²) < 4.78 is 27.6. The van der Waals surface area contributed by atoms with Crippen molar-refractivity contribution in [2.75, 3.05) is 0 Å². The molecule has 3 aromatic rings. The van der Waals surface area contributed by atoms with Crippen LogP contribution in [0, 0.1) is 11.6 Å². The molecule has 0 saturated heterocycles. The summed E-state index contributed by atoms with van der Waals surface area (Å²) in [7, 11) is 0. The highest BCUT2D eigenvalue weighted by Gasteiger charge is 2.13. The summed E-state index contributed by atoms with van der Waals surface area (Å²) in [5.41, 5.74) is 0.667. The van der Waals surface area contributed by atoms with Gasteiger partial charge in [0.25, 0.3) is 5.91 Å². The Labute approximate surface area is 140 Å². The number of nitrogens with zero attached hydrogens (tertiary/aromatic N) is 4. The van der Waals surface area contributed by atoms with Crippen LogP contribution in [0.25, 0.3) is 5.69 Å². The molecule has 0 radical (unpaired) electrons. The van der Waals surface area contributed by atoms with Crippen molar-refractivity contribution in [3.63, 3.8) is 0 Å². The van der Waals surface area contributed by atoms with Crippen LogP contribution in [-0.2, 0) is 6.54 Å². The third kappa shape index (κ3) is 3.38. The van der Waals surface area contributed by atoms with E-state index in [1.54, 1.807) is 24.3 Å². The van der Waals surface area contributed by atoms with Gasteiger partial charge in [-0.05, 0) is 46.8 Å². The van der Waals surface area contributed by atoms with Gasteiger partial charge in [0.15, 0.2) is 17.5 Å². The van der Waals surface area contributed by atoms with Crippen LogP contribution in [0.3, 0.4) is 0 Å². The highest BCUT2D eigenvalue weighted by Crippen LogP contribution is 2.13. The van der Waals surface area contributed by atoms with E-state index < -0.39 is 11.6 Å². The Hall–Kier alpha value is -2.87. The normalized spacial score (nSPS) is 10.6. The number of nitrogens with one attached hydrogen (secondary N) is 1. The highest BCUT2D eigenvalue weighted by molar-refractivity contribution is 6.30. The Morgan fingerprint density at radius 1 is 1.12 bits per heavy atom. The molecule has 1 amide bonds. The van der Waals surface area contributed by atoms with Crippen LogP contribution in [0.15, 0.2) is 42.5 Å². The number of benzene rings is 2. The minimum atomic E-state index is -1.01. The SMILES string of the molecule is O=C(NCc1nnnn1-c1ccc(F)c(F)c1)c1ccc(Cl)cc1. The van der Waals surface area contributed by atoms with E-state index in [0.717, 1.165) is 12.1 Å². The Balaban J connectivity index is 1.75. The van der Waals surface area contributed by atoms with Crippen molar-refractivity contribution in [2.45, 2.75) is 6.54 Å². The number of aromatic nitrogens is 4. The fourth-order valence-corrected chi connectivity index (χ4v) is 2.12. The predicted molar refractivity (Wildman–Crippen MR) is 81.7 cm³/mol. The van der Waals surface area contributed by atoms with Crippen LogP contribution in [0.2, 0.25) is 5.02 Å². The minimum absolute atomic E-state index is 0.00740. The van der Waals surface area contributed by atoms with E-state index in [0.29, 0.717) is 10.6 Å². The lowest BCUT2D eigenvalue weighted by atomic mass is 10.2. The van der Waals surface area contributed by atoms with Crippen molar-refractivity contribution in [2.24, 2.45) is 0 Å². The third-order valence-corrected chi connectivity index (χ3v) is 3.45. The first-order valence-electron chi connectivity index (χ1n) is 6.81. The van der Waals surface area contributed by atoms with Crippen molar-refractivity contribution in [3.05, 3.63) is 70.5 Å². The van der Waals surface area contributed by atoms with Crippen LogP contribution in [0.4, 0.5) is 8.78 Å². The lowest BCUT2D eigenvalue weighted by Gasteiger charge is -2.07. The molecule has 0 unspecified atom stereocenters. The van der Waals surface area contributed by atoms with Gasteiger partial charge < -0.3 is 5.32 Å². The summed E-state index contributed by atoms with van der Waals surface area (Å²) in [6.07, 6.45) is 0. The summed E-state index contributed by atoms with van der Waals surface area (Å²) in [6, 6.07) is 9.63. The molecule has 0 spiro atoms. The molecule has 0 aliphatic rings. The maximum Gasteiger partial charge on any atom is 0.251 e. The smallest absolute Gasteiger partial charge is 0.251 e. The first-order chi connectivity index (χ1) is 11.5. The summed E-state index contributed by atoms with van der Waals surface area (Å²) in [4.78, 5) is 12.1.